The molecule has 0 aromatic heterocycles. The molecule has 2 saturated carbocycles. The van der Waals surface area contributed by atoms with E-state index in [1.54, 1.807) is 72.8 Å². The van der Waals surface area contributed by atoms with Crippen molar-refractivity contribution in [1.29, 1.82) is 0 Å². The lowest BCUT2D eigenvalue weighted by Crippen LogP contribution is -2.32. The van der Waals surface area contributed by atoms with Crippen LogP contribution in [0.25, 0.3) is 0 Å². The third-order valence-corrected chi connectivity index (χ3v) is 10.4. The van der Waals surface area contributed by atoms with E-state index in [0.717, 1.165) is 12.8 Å². The number of carbonyl (C=O) groups excluding carboxylic acids is 4. The number of imide groups is 2. The highest BCUT2D eigenvalue weighted by Crippen LogP contribution is 2.54. The van der Waals surface area contributed by atoms with Crippen molar-refractivity contribution in [3.63, 3.8) is 0 Å². The van der Waals surface area contributed by atoms with Gasteiger partial charge in [0.2, 0.25) is 23.6 Å². The van der Waals surface area contributed by atoms with Crippen LogP contribution in [-0.4, -0.2) is 23.6 Å². The van der Waals surface area contributed by atoms with Gasteiger partial charge in [-0.15, -0.1) is 0 Å². The zero-order chi connectivity index (χ0) is 29.7. The first-order chi connectivity index (χ1) is 21.4. The molecule has 4 aliphatic carbocycles. The number of benzene rings is 3. The van der Waals surface area contributed by atoms with Crippen molar-refractivity contribution in [3.8, 4) is 23.0 Å². The Hall–Kier alpha value is -4.98. The maximum Gasteiger partial charge on any atom is 0.238 e. The number of allylic oxidation sites excluding steroid dienone is 4. The van der Waals surface area contributed by atoms with Gasteiger partial charge in [-0.3, -0.25) is 19.2 Å². The standard InChI is InChI=1S/C36H28N2O6/c39-33-29-19-10-11-20(14-19)30(29)34(40)37(33)23-4-1-6-25(16-23)43-27-8-3-9-28(18-27)44-26-7-2-5-24(17-26)38-35(41)31-21-12-13-22(15-21)32(31)36(38)42/h1-13,16-22,29-32H,14-15H2/t19-,20-,21-,22+,29-,30+,31-,32-/m0/s1. The Morgan fingerprint density at radius 2 is 0.773 bits per heavy atom. The van der Waals surface area contributed by atoms with Crippen LogP contribution in [-0.2, 0) is 19.2 Å². The summed E-state index contributed by atoms with van der Waals surface area (Å²) in [5, 5.41) is 0. The molecule has 218 valence electrons. The third kappa shape index (κ3) is 3.63. The summed E-state index contributed by atoms with van der Waals surface area (Å²) < 4.78 is 12.3. The van der Waals surface area contributed by atoms with Gasteiger partial charge in [0.05, 0.1) is 35.0 Å². The summed E-state index contributed by atoms with van der Waals surface area (Å²) in [6.45, 7) is 0. The topological polar surface area (TPSA) is 93.2 Å². The fourth-order valence-electron chi connectivity index (χ4n) is 8.56. The van der Waals surface area contributed by atoms with Gasteiger partial charge in [-0.1, -0.05) is 42.5 Å². The van der Waals surface area contributed by atoms with Crippen LogP contribution >= 0.6 is 0 Å². The van der Waals surface area contributed by atoms with Crippen molar-refractivity contribution in [1.82, 2.24) is 0 Å². The molecule has 8 atom stereocenters. The fraction of sp³-hybridized carbons (Fsp3) is 0.278. The zero-order valence-corrected chi connectivity index (χ0v) is 23.6. The van der Waals surface area contributed by atoms with Crippen molar-refractivity contribution >= 4 is 35.0 Å². The van der Waals surface area contributed by atoms with Crippen molar-refractivity contribution in [2.45, 2.75) is 12.8 Å². The lowest BCUT2D eigenvalue weighted by molar-refractivity contribution is -0.124. The Morgan fingerprint density at radius 1 is 0.455 bits per heavy atom. The summed E-state index contributed by atoms with van der Waals surface area (Å²) >= 11 is 0. The van der Waals surface area contributed by atoms with E-state index < -0.39 is 0 Å². The first-order valence-corrected chi connectivity index (χ1v) is 15.2. The summed E-state index contributed by atoms with van der Waals surface area (Å²) in [4.78, 5) is 55.7. The van der Waals surface area contributed by atoms with Gasteiger partial charge in [0, 0.05) is 18.2 Å². The fourth-order valence-corrected chi connectivity index (χ4v) is 8.56. The second-order valence-corrected chi connectivity index (χ2v) is 12.7. The van der Waals surface area contributed by atoms with Crippen LogP contribution in [0.3, 0.4) is 0 Å². The van der Waals surface area contributed by atoms with Gasteiger partial charge in [0.15, 0.2) is 0 Å². The summed E-state index contributed by atoms with van der Waals surface area (Å²) in [6, 6.07) is 21.2. The van der Waals surface area contributed by atoms with E-state index >= 15 is 0 Å². The quantitative estimate of drug-likeness (QED) is 0.265. The van der Waals surface area contributed by atoms with Gasteiger partial charge in [-0.25, -0.2) is 9.80 Å². The molecule has 0 N–H and O–H groups in total. The lowest BCUT2D eigenvalue weighted by Gasteiger charge is -2.18. The van der Waals surface area contributed by atoms with Gasteiger partial charge in [0.25, 0.3) is 0 Å². The number of nitrogens with zero attached hydrogens (tertiary/aromatic N) is 2. The minimum absolute atomic E-state index is 0.129. The highest BCUT2D eigenvalue weighted by molar-refractivity contribution is 6.23. The van der Waals surface area contributed by atoms with Crippen LogP contribution in [0.15, 0.2) is 97.1 Å². The van der Waals surface area contributed by atoms with Crippen molar-refractivity contribution < 1.29 is 28.7 Å². The summed E-state index contributed by atoms with van der Waals surface area (Å²) in [5.41, 5.74) is 1.02. The highest BCUT2D eigenvalue weighted by Gasteiger charge is 2.60. The summed E-state index contributed by atoms with van der Waals surface area (Å²) in [6.07, 6.45) is 10.1. The predicted molar refractivity (Wildman–Crippen MR) is 160 cm³/mol. The Morgan fingerprint density at radius 3 is 1.14 bits per heavy atom. The van der Waals surface area contributed by atoms with E-state index in [-0.39, 0.29) is 71.0 Å². The molecule has 3 aromatic carbocycles. The third-order valence-electron chi connectivity index (χ3n) is 10.4. The molecule has 3 aromatic rings. The molecule has 2 aliphatic heterocycles. The van der Waals surface area contributed by atoms with E-state index in [1.165, 1.54) is 9.80 Å². The normalized spacial score (nSPS) is 32.3. The molecule has 2 heterocycles. The number of fused-ring (bicyclic) bond motifs is 10. The first-order valence-electron chi connectivity index (χ1n) is 15.2. The Labute approximate surface area is 253 Å². The van der Waals surface area contributed by atoms with Gasteiger partial charge in [0.1, 0.15) is 23.0 Å². The molecule has 44 heavy (non-hydrogen) atoms. The van der Waals surface area contributed by atoms with Gasteiger partial charge < -0.3 is 9.47 Å². The number of hydrogen-bond acceptors (Lipinski definition) is 6. The molecule has 4 amide bonds. The van der Waals surface area contributed by atoms with Crippen LogP contribution < -0.4 is 19.3 Å². The first kappa shape index (κ1) is 25.5. The minimum atomic E-state index is -0.261. The Bertz CT molecular complexity index is 1660. The largest absolute Gasteiger partial charge is 0.457 e. The van der Waals surface area contributed by atoms with Crippen LogP contribution in [0.2, 0.25) is 0 Å². The molecule has 9 rings (SSSR count). The van der Waals surface area contributed by atoms with Gasteiger partial charge in [-0.2, -0.15) is 0 Å². The molecule has 8 nitrogen and oxygen atoms in total. The molecule has 0 radical (unpaired) electrons. The number of ether oxygens (including phenoxy) is 2. The minimum Gasteiger partial charge on any atom is -0.457 e. The van der Waals surface area contributed by atoms with Gasteiger partial charge in [-0.05, 0) is 72.9 Å². The predicted octanol–water partition coefficient (Wildman–Crippen LogP) is 5.89. The zero-order valence-electron chi connectivity index (χ0n) is 23.6. The van der Waals surface area contributed by atoms with Crippen LogP contribution in [0.5, 0.6) is 23.0 Å². The van der Waals surface area contributed by atoms with E-state index in [4.69, 9.17) is 9.47 Å². The van der Waals surface area contributed by atoms with Crippen LogP contribution in [0, 0.1) is 47.3 Å². The second-order valence-electron chi connectivity index (χ2n) is 12.7. The molecular weight excluding hydrogens is 556 g/mol. The Balaban J connectivity index is 0.918. The molecule has 2 saturated heterocycles. The molecule has 4 fully saturated rings. The van der Waals surface area contributed by atoms with E-state index in [9.17, 15) is 19.2 Å². The summed E-state index contributed by atoms with van der Waals surface area (Å²) in [5.74, 6) is 1.03. The maximum absolute atomic E-state index is 13.3. The SMILES string of the molecule is O=C1[C@@H]2[C@@H](C(=O)N1c1cccc(Oc3cccc(Oc4cccc(N5C(=O)[C@@H]6[C@H](C5=O)[C@H]5C=C[C@H]6C5)c4)c3)c1)[C@H]1C=C[C@@H]2C1. The molecule has 6 aliphatic rings. The summed E-state index contributed by atoms with van der Waals surface area (Å²) in [7, 11) is 0. The average Bonchev–Trinajstić information content (AvgIpc) is 3.87. The lowest BCUT2D eigenvalue weighted by atomic mass is 9.85. The van der Waals surface area contributed by atoms with Crippen molar-refractivity contribution in [2.24, 2.45) is 47.3 Å². The number of rotatable bonds is 6. The van der Waals surface area contributed by atoms with E-state index in [2.05, 4.69) is 24.3 Å². The molecule has 0 spiro atoms. The molecule has 0 unspecified atom stereocenters. The number of carbonyl (C=O) groups is 4. The second kappa shape index (κ2) is 9.26. The highest BCUT2D eigenvalue weighted by atomic mass is 16.5. The average molecular weight is 585 g/mol. The Kier molecular flexibility index (Phi) is 5.37. The monoisotopic (exact) mass is 584 g/mol. The van der Waals surface area contributed by atoms with Crippen molar-refractivity contribution in [3.05, 3.63) is 97.1 Å². The number of amides is 4. The molecule has 4 bridgehead atoms. The molecule has 8 heteroatoms. The smallest absolute Gasteiger partial charge is 0.238 e. The number of anilines is 2. The molecular formula is C36H28N2O6. The van der Waals surface area contributed by atoms with E-state index in [0.29, 0.717) is 34.4 Å². The number of hydrogen-bond donors (Lipinski definition) is 0. The van der Waals surface area contributed by atoms with Crippen LogP contribution in [0.4, 0.5) is 11.4 Å². The maximum atomic E-state index is 13.3. The van der Waals surface area contributed by atoms with E-state index in [1.807, 2.05) is 0 Å². The van der Waals surface area contributed by atoms with Crippen LogP contribution in [0.1, 0.15) is 12.8 Å². The van der Waals surface area contributed by atoms with Gasteiger partial charge >= 0.3 is 0 Å². The van der Waals surface area contributed by atoms with Crippen molar-refractivity contribution in [2.75, 3.05) is 9.80 Å².